The SMILES string of the molecule is CCC(C)CCCCCCCCC(=O)O[C@H](COC(=O)CCCCCCCCC(C)C)COP(=O)(O)OC[C@H](O)COP(=O)(O)OC[C@@H](COC(=O)CCCCCCCCCCCCCCCCC(C)C)OC(=O)CCCCCCCCCCCCC(C)C. The third-order valence-corrected chi connectivity index (χ3v) is 18.3. The Kier molecular flexibility index (Phi) is 58.5. The van der Waals surface area contributed by atoms with Gasteiger partial charge in [0.1, 0.15) is 19.3 Å². The maximum atomic E-state index is 13.0. The third kappa shape index (κ3) is 63.2. The van der Waals surface area contributed by atoms with E-state index in [4.69, 9.17) is 37.0 Å². The van der Waals surface area contributed by atoms with Gasteiger partial charge in [-0.1, -0.05) is 293 Å². The summed E-state index contributed by atoms with van der Waals surface area (Å²) in [6, 6.07) is 0. The van der Waals surface area contributed by atoms with Gasteiger partial charge in [0.25, 0.3) is 0 Å². The Hall–Kier alpha value is -1.94. The van der Waals surface area contributed by atoms with Gasteiger partial charge in [0.2, 0.25) is 0 Å². The molecule has 0 aliphatic rings. The fourth-order valence-electron chi connectivity index (χ4n) is 10.5. The van der Waals surface area contributed by atoms with Crippen molar-refractivity contribution in [2.75, 3.05) is 39.6 Å². The monoisotopic (exact) mass is 1310 g/mol. The van der Waals surface area contributed by atoms with Crippen molar-refractivity contribution in [3.8, 4) is 0 Å². The maximum Gasteiger partial charge on any atom is 0.472 e. The van der Waals surface area contributed by atoms with E-state index in [9.17, 15) is 43.2 Å². The molecular weight excluding hydrogens is 1170 g/mol. The van der Waals surface area contributed by atoms with Crippen molar-refractivity contribution in [2.45, 2.75) is 363 Å². The lowest BCUT2D eigenvalue weighted by molar-refractivity contribution is -0.161. The molecule has 0 spiro atoms. The van der Waals surface area contributed by atoms with E-state index < -0.39 is 97.5 Å². The third-order valence-electron chi connectivity index (χ3n) is 16.4. The predicted molar refractivity (Wildman–Crippen MR) is 358 cm³/mol. The van der Waals surface area contributed by atoms with E-state index >= 15 is 0 Å². The van der Waals surface area contributed by atoms with Gasteiger partial charge in [-0.3, -0.25) is 37.3 Å². The summed E-state index contributed by atoms with van der Waals surface area (Å²) in [5.41, 5.74) is 0. The molecule has 528 valence electrons. The first-order valence-corrected chi connectivity index (χ1v) is 39.2. The molecule has 19 heteroatoms. The number of phosphoric acid groups is 2. The summed E-state index contributed by atoms with van der Waals surface area (Å²) >= 11 is 0. The minimum Gasteiger partial charge on any atom is -0.462 e. The molecule has 0 aliphatic heterocycles. The van der Waals surface area contributed by atoms with E-state index in [0.29, 0.717) is 31.6 Å². The van der Waals surface area contributed by atoms with Crippen molar-refractivity contribution in [3.63, 3.8) is 0 Å². The van der Waals surface area contributed by atoms with Gasteiger partial charge in [0.15, 0.2) is 12.2 Å². The van der Waals surface area contributed by atoms with Crippen LogP contribution < -0.4 is 0 Å². The van der Waals surface area contributed by atoms with Crippen molar-refractivity contribution in [1.29, 1.82) is 0 Å². The van der Waals surface area contributed by atoms with Crippen molar-refractivity contribution in [3.05, 3.63) is 0 Å². The number of rotatable bonds is 67. The standard InChI is InChI=1S/C70H136O17P2/c1-9-63(8)49-41-33-27-29-37-45-53-70(75)87-66(57-81-68(73)51-43-35-28-26-32-40-48-62(6)7)59-85-89(78,79)83-55-64(71)54-82-88(76,77)84-58-65(86-69(74)52-44-36-25-21-17-16-19-23-31-39-47-61(4)5)56-80-67(72)50-42-34-24-20-15-13-11-10-12-14-18-22-30-38-46-60(2)3/h60-66,71H,9-59H2,1-8H3,(H,76,77)(H,78,79)/t63?,64-,65-,66-/m1/s1. The summed E-state index contributed by atoms with van der Waals surface area (Å²) in [6.45, 7) is 14.0. The van der Waals surface area contributed by atoms with Crippen LogP contribution in [0.25, 0.3) is 0 Å². The average Bonchev–Trinajstić information content (AvgIpc) is 3.70. The van der Waals surface area contributed by atoms with Crippen LogP contribution in [0.15, 0.2) is 0 Å². The van der Waals surface area contributed by atoms with Gasteiger partial charge in [-0.15, -0.1) is 0 Å². The van der Waals surface area contributed by atoms with Crippen LogP contribution in [-0.2, 0) is 65.4 Å². The smallest absolute Gasteiger partial charge is 0.462 e. The second kappa shape index (κ2) is 59.8. The molecule has 0 aromatic carbocycles. The molecule has 0 aromatic heterocycles. The molecule has 0 radical (unpaired) electrons. The van der Waals surface area contributed by atoms with Crippen LogP contribution in [0.1, 0.15) is 344 Å². The number of phosphoric ester groups is 2. The van der Waals surface area contributed by atoms with Crippen LogP contribution in [-0.4, -0.2) is 96.7 Å². The zero-order valence-corrected chi connectivity index (χ0v) is 59.8. The number of esters is 4. The summed E-state index contributed by atoms with van der Waals surface area (Å²) in [5.74, 6) is 0.817. The molecule has 6 atom stereocenters. The number of hydrogen-bond donors (Lipinski definition) is 3. The number of hydrogen-bond acceptors (Lipinski definition) is 15. The normalized spacial score (nSPS) is 14.6. The van der Waals surface area contributed by atoms with E-state index in [-0.39, 0.29) is 25.7 Å². The van der Waals surface area contributed by atoms with E-state index in [0.717, 1.165) is 114 Å². The van der Waals surface area contributed by atoms with Crippen molar-refractivity contribution < 1.29 is 80.2 Å². The zero-order valence-electron chi connectivity index (χ0n) is 58.1. The number of aliphatic hydroxyl groups is 1. The summed E-state index contributed by atoms with van der Waals surface area (Å²) in [7, 11) is -9.90. The average molecular weight is 1310 g/mol. The van der Waals surface area contributed by atoms with Crippen LogP contribution in [0.4, 0.5) is 0 Å². The molecular formula is C70H136O17P2. The molecule has 0 saturated heterocycles. The van der Waals surface area contributed by atoms with Gasteiger partial charge in [-0.25, -0.2) is 9.13 Å². The van der Waals surface area contributed by atoms with Crippen LogP contribution in [0.2, 0.25) is 0 Å². The second-order valence-electron chi connectivity index (χ2n) is 26.9. The highest BCUT2D eigenvalue weighted by Crippen LogP contribution is 2.45. The Morgan fingerprint density at radius 1 is 0.315 bits per heavy atom. The first-order valence-electron chi connectivity index (χ1n) is 36.2. The Balaban J connectivity index is 5.22. The van der Waals surface area contributed by atoms with Gasteiger partial charge >= 0.3 is 39.5 Å². The lowest BCUT2D eigenvalue weighted by atomic mass is 10.00. The van der Waals surface area contributed by atoms with Crippen LogP contribution in [0.3, 0.4) is 0 Å². The van der Waals surface area contributed by atoms with Crippen molar-refractivity contribution in [1.82, 2.24) is 0 Å². The van der Waals surface area contributed by atoms with Crippen molar-refractivity contribution in [2.24, 2.45) is 23.7 Å². The first-order chi connectivity index (χ1) is 42.6. The Bertz CT molecular complexity index is 1770. The first kappa shape index (κ1) is 87.1. The molecule has 0 amide bonds. The molecule has 0 fully saturated rings. The number of aliphatic hydroxyl groups excluding tert-OH is 1. The molecule has 0 aromatic rings. The summed E-state index contributed by atoms with van der Waals surface area (Å²) in [4.78, 5) is 72.5. The Morgan fingerprint density at radius 3 is 0.798 bits per heavy atom. The Morgan fingerprint density at radius 2 is 0.539 bits per heavy atom. The highest BCUT2D eigenvalue weighted by molar-refractivity contribution is 7.47. The fraction of sp³-hybridized carbons (Fsp3) is 0.943. The molecule has 3 N–H and O–H groups in total. The second-order valence-corrected chi connectivity index (χ2v) is 29.8. The number of carbonyl (C=O) groups excluding carboxylic acids is 4. The molecule has 0 saturated carbocycles. The maximum absolute atomic E-state index is 13.0. The quantitative estimate of drug-likeness (QED) is 0.0222. The number of ether oxygens (including phenoxy) is 4. The zero-order chi connectivity index (χ0) is 66.1. The predicted octanol–water partition coefficient (Wildman–Crippen LogP) is 19.7. The number of unbranched alkanes of at least 4 members (excludes halogenated alkanes) is 32. The van der Waals surface area contributed by atoms with Crippen LogP contribution in [0, 0.1) is 23.7 Å². The van der Waals surface area contributed by atoms with Gasteiger partial charge in [0, 0.05) is 25.7 Å². The summed E-state index contributed by atoms with van der Waals surface area (Å²) in [6.07, 6.45) is 41.9. The van der Waals surface area contributed by atoms with Crippen LogP contribution in [0.5, 0.6) is 0 Å². The largest absolute Gasteiger partial charge is 0.472 e. The molecule has 0 aliphatic carbocycles. The van der Waals surface area contributed by atoms with Gasteiger partial charge in [-0.2, -0.15) is 0 Å². The Labute approximate surface area is 543 Å². The summed E-state index contributed by atoms with van der Waals surface area (Å²) < 4.78 is 68.2. The highest BCUT2D eigenvalue weighted by Gasteiger charge is 2.30. The number of carbonyl (C=O) groups is 4. The minimum atomic E-state index is -4.95. The van der Waals surface area contributed by atoms with Crippen molar-refractivity contribution >= 4 is 39.5 Å². The van der Waals surface area contributed by atoms with Gasteiger partial charge in [-0.05, 0) is 49.4 Å². The molecule has 3 unspecified atom stereocenters. The topological polar surface area (TPSA) is 237 Å². The van der Waals surface area contributed by atoms with E-state index in [1.165, 1.54) is 141 Å². The van der Waals surface area contributed by atoms with E-state index in [1.807, 2.05) is 0 Å². The van der Waals surface area contributed by atoms with E-state index in [2.05, 4.69) is 55.4 Å². The molecule has 17 nitrogen and oxygen atoms in total. The highest BCUT2D eigenvalue weighted by atomic mass is 31.2. The van der Waals surface area contributed by atoms with Gasteiger partial charge in [0.05, 0.1) is 26.4 Å². The van der Waals surface area contributed by atoms with Gasteiger partial charge < -0.3 is 33.8 Å². The fourth-order valence-corrected chi connectivity index (χ4v) is 12.0. The summed E-state index contributed by atoms with van der Waals surface area (Å²) in [5, 5.41) is 10.6. The minimum absolute atomic E-state index is 0.101. The van der Waals surface area contributed by atoms with E-state index in [1.54, 1.807) is 0 Å². The molecule has 89 heavy (non-hydrogen) atoms. The molecule has 0 heterocycles. The lowest BCUT2D eigenvalue weighted by Gasteiger charge is -2.21. The molecule has 0 bridgehead atoms. The molecule has 0 rings (SSSR count). The lowest BCUT2D eigenvalue weighted by Crippen LogP contribution is -2.30. The van der Waals surface area contributed by atoms with Crippen LogP contribution >= 0.6 is 15.6 Å².